The van der Waals surface area contributed by atoms with Crippen molar-refractivity contribution in [1.29, 1.82) is 0 Å². The predicted molar refractivity (Wildman–Crippen MR) is 216 cm³/mol. The van der Waals surface area contributed by atoms with Gasteiger partial charge >= 0.3 is 11.9 Å². The lowest BCUT2D eigenvalue weighted by Crippen LogP contribution is -2.50. The van der Waals surface area contributed by atoms with Crippen molar-refractivity contribution in [3.8, 4) is 0 Å². The molecule has 286 valence electrons. The average Bonchev–Trinajstić information content (AvgIpc) is 3.20. The number of carbonyl (C=O) groups excluding carboxylic acids is 2. The molecule has 8 atom stereocenters. The van der Waals surface area contributed by atoms with Gasteiger partial charge in [-0.25, -0.2) is 0 Å². The lowest BCUT2D eigenvalue weighted by atomic mass is 9.75. The SMILES string of the molecule is CC1C(c2ccccc2)NC(c2ccccc2)C(C)C1OC(=O)CCCCCCCCC(=O)OC1C(C)C(c2ccccc2)NC(c2ccccc2)C1C. The van der Waals surface area contributed by atoms with Crippen molar-refractivity contribution in [2.75, 3.05) is 0 Å². The van der Waals surface area contributed by atoms with Crippen LogP contribution in [0.1, 0.15) is 125 Å². The molecule has 2 aliphatic rings. The molecular weight excluding hydrogens is 669 g/mol. The molecule has 2 fully saturated rings. The number of benzene rings is 4. The fourth-order valence-corrected chi connectivity index (χ4v) is 9.05. The zero-order valence-corrected chi connectivity index (χ0v) is 32.6. The van der Waals surface area contributed by atoms with Gasteiger partial charge in [-0.15, -0.1) is 0 Å². The van der Waals surface area contributed by atoms with Gasteiger partial charge in [0.25, 0.3) is 0 Å². The maximum absolute atomic E-state index is 13.2. The zero-order valence-electron chi connectivity index (χ0n) is 32.6. The molecule has 2 heterocycles. The minimum Gasteiger partial charge on any atom is -0.462 e. The van der Waals surface area contributed by atoms with Crippen LogP contribution in [0.4, 0.5) is 0 Å². The molecule has 54 heavy (non-hydrogen) atoms. The molecule has 0 saturated carbocycles. The fraction of sp³-hybridized carbons (Fsp3) is 0.458. The van der Waals surface area contributed by atoms with Gasteiger partial charge in [-0.1, -0.05) is 175 Å². The highest BCUT2D eigenvalue weighted by atomic mass is 16.5. The van der Waals surface area contributed by atoms with Crippen LogP contribution in [0.2, 0.25) is 0 Å². The second kappa shape index (κ2) is 19.4. The number of esters is 2. The van der Waals surface area contributed by atoms with Crippen LogP contribution >= 0.6 is 0 Å². The lowest BCUT2D eigenvalue weighted by molar-refractivity contribution is -0.160. The normalized spacial score (nSPS) is 28.2. The van der Waals surface area contributed by atoms with Crippen molar-refractivity contribution in [1.82, 2.24) is 10.6 Å². The standard InChI is InChI=1S/C48H60N2O4/c1-33-43(37-23-13-9-14-24-37)49-44(38-25-15-10-16-26-38)34(2)47(33)53-41(51)31-21-7-5-6-8-22-32-42(52)54-48-35(3)45(39-27-17-11-18-28-39)50-46(36(48)4)40-29-19-12-20-30-40/h9-20,23-30,33-36,43-50H,5-8,21-22,31-32H2,1-4H3. The van der Waals surface area contributed by atoms with Crippen molar-refractivity contribution in [2.24, 2.45) is 23.7 Å². The van der Waals surface area contributed by atoms with Gasteiger partial charge in [0, 0.05) is 60.7 Å². The molecular formula is C48H60N2O4. The lowest BCUT2D eigenvalue weighted by Gasteiger charge is -2.45. The van der Waals surface area contributed by atoms with Gasteiger partial charge in [-0.3, -0.25) is 9.59 Å². The summed E-state index contributed by atoms with van der Waals surface area (Å²) in [5.41, 5.74) is 4.87. The molecule has 6 nitrogen and oxygen atoms in total. The Labute approximate surface area is 323 Å². The van der Waals surface area contributed by atoms with E-state index in [1.165, 1.54) is 22.3 Å². The zero-order chi connectivity index (χ0) is 37.9. The first-order valence-electron chi connectivity index (χ1n) is 20.4. The molecule has 0 aliphatic carbocycles. The van der Waals surface area contributed by atoms with E-state index in [1.807, 2.05) is 24.3 Å². The number of hydrogen-bond donors (Lipinski definition) is 2. The first kappa shape index (κ1) is 39.4. The van der Waals surface area contributed by atoms with E-state index >= 15 is 0 Å². The molecule has 4 aromatic carbocycles. The third-order valence-electron chi connectivity index (χ3n) is 12.1. The molecule has 0 bridgehead atoms. The summed E-state index contributed by atoms with van der Waals surface area (Å²) in [6, 6.07) is 42.4. The van der Waals surface area contributed by atoms with Crippen LogP contribution in [-0.2, 0) is 19.1 Å². The Kier molecular flexibility index (Phi) is 14.1. The largest absolute Gasteiger partial charge is 0.462 e. The van der Waals surface area contributed by atoms with Gasteiger partial charge < -0.3 is 20.1 Å². The number of ether oxygens (including phenoxy) is 2. The van der Waals surface area contributed by atoms with Gasteiger partial charge in [0.15, 0.2) is 0 Å². The van der Waals surface area contributed by atoms with Crippen LogP contribution in [0, 0.1) is 23.7 Å². The van der Waals surface area contributed by atoms with Gasteiger partial charge in [0.05, 0.1) is 0 Å². The van der Waals surface area contributed by atoms with E-state index in [4.69, 9.17) is 9.47 Å². The minimum absolute atomic E-state index is 0.0894. The van der Waals surface area contributed by atoms with Crippen LogP contribution in [-0.4, -0.2) is 24.1 Å². The second-order valence-corrected chi connectivity index (χ2v) is 15.9. The first-order valence-corrected chi connectivity index (χ1v) is 20.4. The monoisotopic (exact) mass is 728 g/mol. The Balaban J connectivity index is 0.929. The summed E-state index contributed by atoms with van der Waals surface area (Å²) in [6.45, 7) is 8.80. The third kappa shape index (κ3) is 9.88. The first-order chi connectivity index (χ1) is 26.3. The maximum atomic E-state index is 13.2. The van der Waals surface area contributed by atoms with Gasteiger partial charge in [-0.05, 0) is 35.1 Å². The van der Waals surface area contributed by atoms with E-state index in [0.29, 0.717) is 12.8 Å². The van der Waals surface area contributed by atoms with Crippen LogP contribution in [0.5, 0.6) is 0 Å². The third-order valence-corrected chi connectivity index (χ3v) is 12.1. The number of unbranched alkanes of at least 4 members (excludes halogenated alkanes) is 5. The molecule has 6 rings (SSSR count). The predicted octanol–water partition coefficient (Wildman–Crippen LogP) is 10.6. The van der Waals surface area contributed by atoms with Crippen molar-refractivity contribution in [2.45, 2.75) is 115 Å². The van der Waals surface area contributed by atoms with E-state index < -0.39 is 0 Å². The van der Waals surface area contributed by atoms with Crippen molar-refractivity contribution < 1.29 is 19.1 Å². The van der Waals surface area contributed by atoms with Crippen molar-refractivity contribution in [3.05, 3.63) is 144 Å². The molecule has 8 unspecified atom stereocenters. The van der Waals surface area contributed by atoms with Crippen LogP contribution in [0.15, 0.2) is 121 Å². The quantitative estimate of drug-likeness (QED) is 0.0938. The summed E-state index contributed by atoms with van der Waals surface area (Å²) in [6.07, 6.45) is 6.15. The fourth-order valence-electron chi connectivity index (χ4n) is 9.05. The molecule has 2 N–H and O–H groups in total. The number of nitrogens with one attached hydrogen (secondary N) is 2. The molecule has 0 radical (unpaired) electrons. The smallest absolute Gasteiger partial charge is 0.306 e. The Morgan fingerprint density at radius 2 is 0.648 bits per heavy atom. The maximum Gasteiger partial charge on any atom is 0.306 e. The molecule has 0 aromatic heterocycles. The number of carbonyl (C=O) groups is 2. The van der Waals surface area contributed by atoms with Crippen molar-refractivity contribution >= 4 is 11.9 Å². The average molecular weight is 729 g/mol. The summed E-state index contributed by atoms with van der Waals surface area (Å²) >= 11 is 0. The molecule has 4 aromatic rings. The molecule has 2 aliphatic heterocycles. The highest BCUT2D eigenvalue weighted by Crippen LogP contribution is 2.43. The Morgan fingerprint density at radius 3 is 0.907 bits per heavy atom. The number of hydrogen-bond acceptors (Lipinski definition) is 6. The van der Waals surface area contributed by atoms with E-state index in [0.717, 1.165) is 38.5 Å². The van der Waals surface area contributed by atoms with E-state index in [2.05, 4.69) is 135 Å². The molecule has 6 heteroatoms. The van der Waals surface area contributed by atoms with Crippen LogP contribution in [0.25, 0.3) is 0 Å². The van der Waals surface area contributed by atoms with E-state index in [9.17, 15) is 9.59 Å². The van der Waals surface area contributed by atoms with Crippen LogP contribution < -0.4 is 10.6 Å². The summed E-state index contributed by atoms with van der Waals surface area (Å²) in [5.74, 6) is 0.328. The molecule has 0 spiro atoms. The second-order valence-electron chi connectivity index (χ2n) is 15.9. The van der Waals surface area contributed by atoms with Gasteiger partial charge in [0.2, 0.25) is 0 Å². The van der Waals surface area contributed by atoms with Crippen molar-refractivity contribution in [3.63, 3.8) is 0 Å². The minimum atomic E-state index is -0.182. The Bertz CT molecular complexity index is 1490. The van der Waals surface area contributed by atoms with Gasteiger partial charge in [-0.2, -0.15) is 0 Å². The summed E-state index contributed by atoms with van der Waals surface area (Å²) in [4.78, 5) is 26.4. The summed E-state index contributed by atoms with van der Waals surface area (Å²) < 4.78 is 12.6. The van der Waals surface area contributed by atoms with E-state index in [1.54, 1.807) is 0 Å². The molecule has 2 saturated heterocycles. The summed E-state index contributed by atoms with van der Waals surface area (Å²) in [7, 11) is 0. The van der Waals surface area contributed by atoms with Gasteiger partial charge in [0.1, 0.15) is 12.2 Å². The topological polar surface area (TPSA) is 76.7 Å². The molecule has 0 amide bonds. The highest BCUT2D eigenvalue weighted by molar-refractivity contribution is 5.70. The summed E-state index contributed by atoms with van der Waals surface area (Å²) in [5, 5.41) is 7.78. The highest BCUT2D eigenvalue weighted by Gasteiger charge is 2.44. The number of piperidine rings is 2. The van der Waals surface area contributed by atoms with Crippen LogP contribution in [0.3, 0.4) is 0 Å². The Hall–Kier alpha value is -4.26. The number of rotatable bonds is 15. The van der Waals surface area contributed by atoms with E-state index in [-0.39, 0.29) is 72.0 Å². The Morgan fingerprint density at radius 1 is 0.407 bits per heavy atom.